The fourth-order valence-electron chi connectivity index (χ4n) is 2.86. The maximum atomic E-state index is 5.71. The Labute approximate surface area is 121 Å². The van der Waals surface area contributed by atoms with E-state index in [0.29, 0.717) is 12.5 Å². The van der Waals surface area contributed by atoms with Crippen LogP contribution < -0.4 is 5.73 Å². The second-order valence-corrected chi connectivity index (χ2v) is 5.79. The maximum absolute atomic E-state index is 5.71. The smallest absolute Gasteiger partial charge is 0.0244 e. The van der Waals surface area contributed by atoms with Crippen molar-refractivity contribution in [2.24, 2.45) is 5.73 Å². The van der Waals surface area contributed by atoms with Crippen LogP contribution in [0, 0.1) is 0 Å². The van der Waals surface area contributed by atoms with E-state index >= 15 is 0 Å². The zero-order valence-corrected chi connectivity index (χ0v) is 12.0. The van der Waals surface area contributed by atoms with Crippen molar-refractivity contribution in [2.75, 3.05) is 6.54 Å². The zero-order chi connectivity index (χ0) is 13.9. The van der Waals surface area contributed by atoms with Gasteiger partial charge in [-0.05, 0) is 34.7 Å². The van der Waals surface area contributed by atoms with E-state index in [-0.39, 0.29) is 0 Å². The third-order valence-corrected chi connectivity index (χ3v) is 4.21. The molecule has 1 aliphatic rings. The molecule has 104 valence electrons. The summed E-state index contributed by atoms with van der Waals surface area (Å²) in [6.07, 6.45) is 0. The molecule has 0 aliphatic carbocycles. The van der Waals surface area contributed by atoms with Crippen molar-refractivity contribution in [1.82, 2.24) is 4.90 Å². The van der Waals surface area contributed by atoms with E-state index < -0.39 is 0 Å². The summed E-state index contributed by atoms with van der Waals surface area (Å²) in [5, 5.41) is 0. The van der Waals surface area contributed by atoms with Crippen LogP contribution in [0.15, 0.2) is 48.5 Å². The fraction of sp³-hybridized carbons (Fsp3) is 0.333. The summed E-state index contributed by atoms with van der Waals surface area (Å²) in [6.45, 7) is 6.03. The molecular weight excluding hydrogens is 244 g/mol. The molecule has 3 rings (SSSR count). The van der Waals surface area contributed by atoms with Crippen molar-refractivity contribution in [1.29, 1.82) is 0 Å². The summed E-state index contributed by atoms with van der Waals surface area (Å²) in [4.78, 5) is 2.49. The molecule has 1 atom stereocenters. The standard InChI is InChI=1S/C18H22N2/c1-14(10-19)16-8-6-15(7-9-16)11-20-12-17-4-2-3-5-18(17)13-20/h2-9,14H,10-13,19H2,1H3. The third-order valence-electron chi connectivity index (χ3n) is 4.21. The van der Waals surface area contributed by atoms with Gasteiger partial charge in [0.25, 0.3) is 0 Å². The van der Waals surface area contributed by atoms with Crippen LogP contribution in [0.2, 0.25) is 0 Å². The molecule has 2 aromatic carbocycles. The van der Waals surface area contributed by atoms with Gasteiger partial charge in [0, 0.05) is 19.6 Å². The summed E-state index contributed by atoms with van der Waals surface area (Å²) in [5.74, 6) is 0.445. The van der Waals surface area contributed by atoms with Gasteiger partial charge in [-0.2, -0.15) is 0 Å². The lowest BCUT2D eigenvalue weighted by Crippen LogP contribution is -2.15. The Morgan fingerprint density at radius 3 is 2.15 bits per heavy atom. The van der Waals surface area contributed by atoms with E-state index in [2.05, 4.69) is 60.4 Å². The van der Waals surface area contributed by atoms with E-state index in [4.69, 9.17) is 5.73 Å². The Morgan fingerprint density at radius 1 is 1.00 bits per heavy atom. The summed E-state index contributed by atoms with van der Waals surface area (Å²) >= 11 is 0. The molecule has 2 aromatic rings. The number of benzene rings is 2. The number of fused-ring (bicyclic) bond motifs is 1. The Bertz CT molecular complexity index is 549. The van der Waals surface area contributed by atoms with Crippen molar-refractivity contribution in [3.8, 4) is 0 Å². The monoisotopic (exact) mass is 266 g/mol. The number of nitrogens with two attached hydrogens (primary N) is 1. The summed E-state index contributed by atoms with van der Waals surface area (Å²) in [7, 11) is 0. The predicted octanol–water partition coefficient (Wildman–Crippen LogP) is 3.26. The lowest BCUT2D eigenvalue weighted by atomic mass is 10.00. The number of nitrogens with zero attached hydrogens (tertiary/aromatic N) is 1. The first-order chi connectivity index (χ1) is 9.76. The van der Waals surface area contributed by atoms with E-state index in [1.165, 1.54) is 22.3 Å². The maximum Gasteiger partial charge on any atom is 0.0244 e. The largest absolute Gasteiger partial charge is 0.330 e. The first-order valence-corrected chi connectivity index (χ1v) is 7.34. The van der Waals surface area contributed by atoms with Gasteiger partial charge in [-0.3, -0.25) is 4.90 Å². The molecule has 0 amide bonds. The highest BCUT2D eigenvalue weighted by Gasteiger charge is 2.18. The van der Waals surface area contributed by atoms with Crippen molar-refractivity contribution in [3.05, 3.63) is 70.8 Å². The molecule has 0 saturated carbocycles. The predicted molar refractivity (Wildman–Crippen MR) is 83.3 cm³/mol. The van der Waals surface area contributed by atoms with Gasteiger partial charge in [0.15, 0.2) is 0 Å². The molecule has 0 spiro atoms. The van der Waals surface area contributed by atoms with Gasteiger partial charge in [-0.1, -0.05) is 55.5 Å². The number of rotatable bonds is 4. The van der Waals surface area contributed by atoms with E-state index in [0.717, 1.165) is 19.6 Å². The molecule has 2 nitrogen and oxygen atoms in total. The van der Waals surface area contributed by atoms with Crippen LogP contribution in [-0.2, 0) is 19.6 Å². The van der Waals surface area contributed by atoms with E-state index in [1.54, 1.807) is 0 Å². The minimum atomic E-state index is 0.445. The fourth-order valence-corrected chi connectivity index (χ4v) is 2.86. The zero-order valence-electron chi connectivity index (χ0n) is 12.0. The summed E-state index contributed by atoms with van der Waals surface area (Å²) in [6, 6.07) is 17.7. The van der Waals surface area contributed by atoms with Crippen LogP contribution in [0.5, 0.6) is 0 Å². The Balaban J connectivity index is 1.65. The van der Waals surface area contributed by atoms with E-state index in [9.17, 15) is 0 Å². The molecule has 2 N–H and O–H groups in total. The normalized spacial score (nSPS) is 16.1. The van der Waals surface area contributed by atoms with E-state index in [1.807, 2.05) is 0 Å². The molecule has 0 bridgehead atoms. The minimum absolute atomic E-state index is 0.445. The number of hydrogen-bond acceptors (Lipinski definition) is 2. The van der Waals surface area contributed by atoms with Crippen LogP contribution in [0.4, 0.5) is 0 Å². The lowest BCUT2D eigenvalue weighted by Gasteiger charge is -2.16. The van der Waals surface area contributed by atoms with Crippen molar-refractivity contribution in [2.45, 2.75) is 32.5 Å². The molecule has 1 unspecified atom stereocenters. The molecule has 0 radical (unpaired) electrons. The van der Waals surface area contributed by atoms with Gasteiger partial charge in [0.05, 0.1) is 0 Å². The van der Waals surface area contributed by atoms with Gasteiger partial charge in [0.2, 0.25) is 0 Å². The minimum Gasteiger partial charge on any atom is -0.330 e. The molecule has 1 heterocycles. The van der Waals surface area contributed by atoms with Crippen LogP contribution in [-0.4, -0.2) is 11.4 Å². The first kappa shape index (κ1) is 13.3. The van der Waals surface area contributed by atoms with Crippen LogP contribution >= 0.6 is 0 Å². The molecular formula is C18H22N2. The van der Waals surface area contributed by atoms with Crippen LogP contribution in [0.25, 0.3) is 0 Å². The highest BCUT2D eigenvalue weighted by Crippen LogP contribution is 2.24. The topological polar surface area (TPSA) is 29.3 Å². The van der Waals surface area contributed by atoms with Gasteiger partial charge >= 0.3 is 0 Å². The third kappa shape index (κ3) is 2.77. The number of hydrogen-bond donors (Lipinski definition) is 1. The second-order valence-electron chi connectivity index (χ2n) is 5.79. The van der Waals surface area contributed by atoms with Gasteiger partial charge in [-0.25, -0.2) is 0 Å². The Morgan fingerprint density at radius 2 is 1.60 bits per heavy atom. The van der Waals surface area contributed by atoms with Crippen LogP contribution in [0.1, 0.15) is 35.1 Å². The van der Waals surface area contributed by atoms with Crippen molar-refractivity contribution < 1.29 is 0 Å². The molecule has 1 aliphatic heterocycles. The quantitative estimate of drug-likeness (QED) is 0.920. The average molecular weight is 266 g/mol. The highest BCUT2D eigenvalue weighted by atomic mass is 15.1. The highest BCUT2D eigenvalue weighted by molar-refractivity contribution is 5.31. The summed E-state index contributed by atoms with van der Waals surface area (Å²) < 4.78 is 0. The summed E-state index contributed by atoms with van der Waals surface area (Å²) in [5.41, 5.74) is 11.4. The Hall–Kier alpha value is -1.64. The molecule has 2 heteroatoms. The molecule has 20 heavy (non-hydrogen) atoms. The van der Waals surface area contributed by atoms with Crippen LogP contribution in [0.3, 0.4) is 0 Å². The average Bonchev–Trinajstić information content (AvgIpc) is 2.89. The second kappa shape index (κ2) is 5.78. The van der Waals surface area contributed by atoms with Gasteiger partial charge < -0.3 is 5.73 Å². The SMILES string of the molecule is CC(CN)c1ccc(CN2Cc3ccccc3C2)cc1. The Kier molecular flexibility index (Phi) is 3.86. The lowest BCUT2D eigenvalue weighted by molar-refractivity contribution is 0.275. The molecule has 0 aromatic heterocycles. The van der Waals surface area contributed by atoms with Gasteiger partial charge in [0.1, 0.15) is 0 Å². The molecule has 0 fully saturated rings. The molecule has 0 saturated heterocycles. The first-order valence-electron chi connectivity index (χ1n) is 7.34. The van der Waals surface area contributed by atoms with Gasteiger partial charge in [-0.15, -0.1) is 0 Å². The van der Waals surface area contributed by atoms with Crippen molar-refractivity contribution >= 4 is 0 Å². The van der Waals surface area contributed by atoms with Crippen molar-refractivity contribution in [3.63, 3.8) is 0 Å².